The molecule has 6 nitrogen and oxygen atoms in total. The van der Waals surface area contributed by atoms with E-state index in [1.165, 1.54) is 23.1 Å². The lowest BCUT2D eigenvalue weighted by Gasteiger charge is -2.01. The molecule has 1 aromatic heterocycles. The van der Waals surface area contributed by atoms with Crippen LogP contribution < -0.4 is 9.47 Å². The number of ketones is 1. The highest BCUT2D eigenvalue weighted by atomic mass is 32.2. The Kier molecular flexibility index (Phi) is 3.85. The maximum Gasteiger partial charge on any atom is 0.231 e. The van der Waals surface area contributed by atoms with Crippen molar-refractivity contribution < 1.29 is 14.3 Å². The van der Waals surface area contributed by atoms with Gasteiger partial charge in [-0.05, 0) is 30.2 Å². The molecule has 2 aromatic rings. The number of hydrogen-bond donors (Lipinski definition) is 1. The molecule has 1 N–H and O–H groups in total. The minimum Gasteiger partial charge on any atom is -0.454 e. The van der Waals surface area contributed by atoms with Crippen molar-refractivity contribution in [3.63, 3.8) is 0 Å². The number of hydrogen-bond acceptors (Lipinski definition) is 8. The van der Waals surface area contributed by atoms with Crippen LogP contribution in [0.25, 0.3) is 6.08 Å². The first kappa shape index (κ1) is 15.3. The lowest BCUT2D eigenvalue weighted by Crippen LogP contribution is -2.11. The van der Waals surface area contributed by atoms with Crippen LogP contribution in [0, 0.1) is 5.41 Å². The minimum atomic E-state index is -0.618. The highest BCUT2D eigenvalue weighted by Gasteiger charge is 2.39. The molecule has 24 heavy (non-hydrogen) atoms. The van der Waals surface area contributed by atoms with Crippen LogP contribution in [0.3, 0.4) is 0 Å². The predicted octanol–water partition coefficient (Wildman–Crippen LogP) is 3.25. The zero-order valence-electron chi connectivity index (χ0n) is 12.7. The second-order valence-corrected chi connectivity index (χ2v) is 7.45. The van der Waals surface area contributed by atoms with Crippen molar-refractivity contribution in [2.75, 3.05) is 6.79 Å². The van der Waals surface area contributed by atoms with Gasteiger partial charge in [-0.3, -0.25) is 10.2 Å². The quantitative estimate of drug-likeness (QED) is 0.847. The van der Waals surface area contributed by atoms with Gasteiger partial charge < -0.3 is 9.47 Å². The zero-order valence-corrected chi connectivity index (χ0v) is 14.4. The average Bonchev–Trinajstić information content (AvgIpc) is 3.27. The van der Waals surface area contributed by atoms with E-state index in [4.69, 9.17) is 14.9 Å². The van der Waals surface area contributed by atoms with E-state index in [0.717, 1.165) is 17.0 Å². The Morgan fingerprint density at radius 1 is 1.33 bits per heavy atom. The normalized spacial score (nSPS) is 21.0. The third kappa shape index (κ3) is 2.61. The van der Waals surface area contributed by atoms with E-state index in [0.29, 0.717) is 26.5 Å². The van der Waals surface area contributed by atoms with Crippen molar-refractivity contribution in [3.8, 4) is 11.5 Å². The number of fused-ring (bicyclic) bond motifs is 1. The Morgan fingerprint density at radius 2 is 2.17 bits per heavy atom. The van der Waals surface area contributed by atoms with Crippen LogP contribution in [-0.4, -0.2) is 27.8 Å². The van der Waals surface area contributed by atoms with Crippen molar-refractivity contribution in [2.24, 2.45) is 0 Å². The summed E-state index contributed by atoms with van der Waals surface area (Å²) in [7, 11) is 0. The molecule has 1 saturated heterocycles. The van der Waals surface area contributed by atoms with Gasteiger partial charge in [-0.1, -0.05) is 24.8 Å². The van der Waals surface area contributed by atoms with Crippen LogP contribution in [0.5, 0.6) is 11.5 Å². The molecule has 1 aromatic carbocycles. The molecule has 2 aliphatic heterocycles. The molecule has 0 bridgehead atoms. The Bertz CT molecular complexity index is 875. The van der Waals surface area contributed by atoms with Gasteiger partial charge >= 0.3 is 0 Å². The van der Waals surface area contributed by atoms with E-state index in [9.17, 15) is 4.79 Å². The van der Waals surface area contributed by atoms with Crippen molar-refractivity contribution in [2.45, 2.75) is 19.3 Å². The highest BCUT2D eigenvalue weighted by Crippen LogP contribution is 2.42. The monoisotopic (exact) mass is 359 g/mol. The van der Waals surface area contributed by atoms with Gasteiger partial charge in [0.25, 0.3) is 0 Å². The number of aromatic nitrogens is 2. The Labute approximate surface area is 146 Å². The van der Waals surface area contributed by atoms with Crippen LogP contribution in [0.4, 0.5) is 0 Å². The number of carbonyl (C=O) groups excluding carboxylic acids is 1. The number of Topliss-reactive ketones (excluding diaryl/α,β-unsaturated/α-hetero) is 1. The summed E-state index contributed by atoms with van der Waals surface area (Å²) in [6, 6.07) is 5.52. The van der Waals surface area contributed by atoms with Crippen molar-refractivity contribution in [1.82, 2.24) is 10.2 Å². The van der Waals surface area contributed by atoms with Gasteiger partial charge in [-0.25, -0.2) is 0 Å². The maximum absolute atomic E-state index is 12.7. The van der Waals surface area contributed by atoms with Gasteiger partial charge in [0.15, 0.2) is 17.3 Å². The van der Waals surface area contributed by atoms with E-state index < -0.39 is 5.92 Å². The van der Waals surface area contributed by atoms with Gasteiger partial charge in [0, 0.05) is 0 Å². The first-order valence-electron chi connectivity index (χ1n) is 7.40. The summed E-state index contributed by atoms with van der Waals surface area (Å²) in [5.74, 6) is 0.659. The molecule has 1 atom stereocenters. The number of rotatable bonds is 3. The number of ether oxygens (including phenoxy) is 2. The molecular weight excluding hydrogens is 346 g/mol. The molecule has 1 fully saturated rings. The second-order valence-electron chi connectivity index (χ2n) is 5.27. The first-order chi connectivity index (χ1) is 11.7. The van der Waals surface area contributed by atoms with E-state index in [2.05, 4.69) is 10.2 Å². The van der Waals surface area contributed by atoms with Crippen molar-refractivity contribution in [1.29, 1.82) is 5.41 Å². The summed E-state index contributed by atoms with van der Waals surface area (Å²) in [5, 5.41) is 18.1. The molecule has 0 amide bonds. The maximum atomic E-state index is 12.7. The summed E-state index contributed by atoms with van der Waals surface area (Å²) in [5.41, 5.74) is 0.843. The number of aryl methyl sites for hydroxylation is 1. The summed E-state index contributed by atoms with van der Waals surface area (Å²) in [6.45, 7) is 2.21. The largest absolute Gasteiger partial charge is 0.454 e. The highest BCUT2D eigenvalue weighted by molar-refractivity contribution is 8.19. The smallest absolute Gasteiger partial charge is 0.231 e. The number of nitrogens with one attached hydrogen (secondary N) is 1. The molecule has 122 valence electrons. The van der Waals surface area contributed by atoms with Crippen molar-refractivity contribution in [3.05, 3.63) is 38.7 Å². The Balaban J connectivity index is 1.63. The number of benzene rings is 1. The van der Waals surface area contributed by atoms with Crippen LogP contribution in [0.2, 0.25) is 0 Å². The summed E-state index contributed by atoms with van der Waals surface area (Å²) in [4.78, 5) is 13.2. The van der Waals surface area contributed by atoms with E-state index in [1.54, 1.807) is 6.08 Å². The van der Waals surface area contributed by atoms with Crippen LogP contribution in [0.15, 0.2) is 23.1 Å². The average molecular weight is 359 g/mol. The fourth-order valence-corrected chi connectivity index (χ4v) is 4.45. The van der Waals surface area contributed by atoms with E-state index in [-0.39, 0.29) is 12.6 Å². The molecule has 0 spiro atoms. The standard InChI is InChI=1S/C16H13N3O3S2/c1-2-12-18-19-16(24-12)13-14(20)11(23-15(13)17)6-8-3-4-9-10(5-8)22-7-21-9/h3-6,13,17H,2,7H2,1H3. The van der Waals surface area contributed by atoms with Gasteiger partial charge in [-0.15, -0.1) is 21.5 Å². The second kappa shape index (κ2) is 6.03. The zero-order chi connectivity index (χ0) is 16.7. The molecular formula is C16H13N3O3S2. The van der Waals surface area contributed by atoms with Crippen LogP contribution >= 0.6 is 23.1 Å². The van der Waals surface area contributed by atoms with Gasteiger partial charge in [0.2, 0.25) is 6.79 Å². The third-order valence-electron chi connectivity index (χ3n) is 3.71. The Hall–Kier alpha value is -2.19. The van der Waals surface area contributed by atoms with Gasteiger partial charge in [0.05, 0.1) is 9.95 Å². The molecule has 8 heteroatoms. The van der Waals surface area contributed by atoms with Crippen LogP contribution in [-0.2, 0) is 11.2 Å². The van der Waals surface area contributed by atoms with Gasteiger partial charge in [-0.2, -0.15) is 0 Å². The molecule has 0 aliphatic carbocycles. The third-order valence-corrected chi connectivity index (χ3v) is 5.84. The topological polar surface area (TPSA) is 85.2 Å². The molecule has 3 heterocycles. The fraction of sp³-hybridized carbons (Fsp3) is 0.250. The summed E-state index contributed by atoms with van der Waals surface area (Å²) >= 11 is 2.58. The fourth-order valence-electron chi connectivity index (χ4n) is 2.49. The molecule has 2 aliphatic rings. The van der Waals surface area contributed by atoms with E-state index >= 15 is 0 Å². The minimum absolute atomic E-state index is 0.0959. The number of carbonyl (C=O) groups is 1. The molecule has 4 rings (SSSR count). The summed E-state index contributed by atoms with van der Waals surface area (Å²) in [6.07, 6.45) is 2.56. The molecule has 1 unspecified atom stereocenters. The predicted molar refractivity (Wildman–Crippen MR) is 92.9 cm³/mol. The lowest BCUT2D eigenvalue weighted by molar-refractivity contribution is -0.114. The van der Waals surface area contributed by atoms with Gasteiger partial charge in [0.1, 0.15) is 15.9 Å². The number of nitrogens with zero attached hydrogens (tertiary/aromatic N) is 2. The SMILES string of the molecule is CCc1nnc(C2C(=N)SC(=Cc3ccc4c(c3)OCO4)C2=O)s1. The first-order valence-corrected chi connectivity index (χ1v) is 9.03. The number of thioether (sulfide) groups is 1. The number of allylic oxidation sites excluding steroid dienone is 1. The Morgan fingerprint density at radius 3 is 2.96 bits per heavy atom. The molecule has 0 saturated carbocycles. The van der Waals surface area contributed by atoms with E-state index in [1.807, 2.05) is 25.1 Å². The van der Waals surface area contributed by atoms with Crippen molar-refractivity contribution >= 4 is 40.0 Å². The summed E-state index contributed by atoms with van der Waals surface area (Å²) < 4.78 is 10.6. The lowest BCUT2D eigenvalue weighted by atomic mass is 10.1. The molecule has 0 radical (unpaired) electrons. The van der Waals surface area contributed by atoms with Crippen LogP contribution in [0.1, 0.15) is 28.4 Å².